The summed E-state index contributed by atoms with van der Waals surface area (Å²) < 4.78 is 0. The average Bonchev–Trinajstić information content (AvgIpc) is 2.97. The van der Waals surface area contributed by atoms with E-state index in [1.807, 2.05) is 12.3 Å². The largest absolute Gasteiger partial charge is 0.351 e. The SMILES string of the molecule is C[C@@H](NC(=O)[C@H]1CCCN(C(N)=O)C1)c1nc(C(C)(C)C)cs1. The Morgan fingerprint density at radius 3 is 2.74 bits per heavy atom. The fourth-order valence-corrected chi connectivity index (χ4v) is 3.67. The number of hydrogen-bond donors (Lipinski definition) is 2. The fraction of sp³-hybridized carbons (Fsp3) is 0.688. The molecule has 0 spiro atoms. The Hall–Kier alpha value is -1.63. The number of carbonyl (C=O) groups excluding carboxylic acids is 2. The van der Waals surface area contributed by atoms with Crippen molar-refractivity contribution >= 4 is 23.3 Å². The van der Waals surface area contributed by atoms with Gasteiger partial charge in [-0.05, 0) is 19.8 Å². The minimum Gasteiger partial charge on any atom is -0.351 e. The topological polar surface area (TPSA) is 88.3 Å². The van der Waals surface area contributed by atoms with E-state index in [0.717, 1.165) is 23.5 Å². The number of likely N-dealkylation sites (tertiary alicyclic amines) is 1. The molecule has 0 radical (unpaired) electrons. The molecule has 3 amide bonds. The van der Waals surface area contributed by atoms with E-state index in [2.05, 4.69) is 31.1 Å². The van der Waals surface area contributed by atoms with E-state index in [9.17, 15) is 9.59 Å². The molecule has 1 saturated heterocycles. The van der Waals surface area contributed by atoms with Crippen LogP contribution >= 0.6 is 11.3 Å². The predicted molar refractivity (Wildman–Crippen MR) is 91.3 cm³/mol. The summed E-state index contributed by atoms with van der Waals surface area (Å²) in [5.74, 6) is -0.225. The number of nitrogens with zero attached hydrogens (tertiary/aromatic N) is 2. The van der Waals surface area contributed by atoms with Crippen LogP contribution in [0, 0.1) is 5.92 Å². The van der Waals surface area contributed by atoms with E-state index >= 15 is 0 Å². The maximum Gasteiger partial charge on any atom is 0.314 e. The minimum absolute atomic E-state index is 0.00381. The van der Waals surface area contributed by atoms with Crippen LogP contribution in [0.2, 0.25) is 0 Å². The molecule has 128 valence electrons. The zero-order valence-electron chi connectivity index (χ0n) is 14.3. The fourth-order valence-electron chi connectivity index (χ4n) is 2.62. The summed E-state index contributed by atoms with van der Waals surface area (Å²) in [6, 6.07) is -0.585. The van der Waals surface area contributed by atoms with Crippen molar-refractivity contribution in [2.24, 2.45) is 11.7 Å². The number of urea groups is 1. The first-order chi connectivity index (χ1) is 10.7. The van der Waals surface area contributed by atoms with Crippen LogP contribution in [0.1, 0.15) is 57.3 Å². The number of rotatable bonds is 3. The van der Waals surface area contributed by atoms with Crippen LogP contribution in [0.15, 0.2) is 5.38 Å². The van der Waals surface area contributed by atoms with Crippen molar-refractivity contribution in [3.63, 3.8) is 0 Å². The van der Waals surface area contributed by atoms with Crippen molar-refractivity contribution in [2.75, 3.05) is 13.1 Å². The van der Waals surface area contributed by atoms with Gasteiger partial charge in [0.2, 0.25) is 5.91 Å². The Morgan fingerprint density at radius 1 is 1.48 bits per heavy atom. The molecule has 1 aliphatic heterocycles. The summed E-state index contributed by atoms with van der Waals surface area (Å²) in [5.41, 5.74) is 6.35. The second-order valence-electron chi connectivity index (χ2n) is 7.17. The Kier molecular flexibility index (Phi) is 5.29. The molecule has 2 heterocycles. The second-order valence-corrected chi connectivity index (χ2v) is 8.06. The van der Waals surface area contributed by atoms with Crippen LogP contribution in [0.4, 0.5) is 4.79 Å². The molecule has 1 aromatic heterocycles. The smallest absolute Gasteiger partial charge is 0.314 e. The molecule has 2 rings (SSSR count). The van der Waals surface area contributed by atoms with Gasteiger partial charge in [0.15, 0.2) is 0 Å². The standard InChI is InChI=1S/C16H26N4O2S/c1-10(14-19-12(9-23-14)16(2,3)4)18-13(21)11-6-5-7-20(8-11)15(17)22/h9-11H,5-8H2,1-4H3,(H2,17,22)(H,18,21)/t10-,11+/m1/s1. The lowest BCUT2D eigenvalue weighted by Gasteiger charge is -2.31. The number of thiazole rings is 1. The molecular formula is C16H26N4O2S. The van der Waals surface area contributed by atoms with Gasteiger partial charge in [-0.3, -0.25) is 4.79 Å². The van der Waals surface area contributed by atoms with Gasteiger partial charge in [0.25, 0.3) is 0 Å². The van der Waals surface area contributed by atoms with E-state index in [0.29, 0.717) is 13.1 Å². The number of amides is 3. The molecule has 1 aromatic rings. The third-order valence-electron chi connectivity index (χ3n) is 4.12. The van der Waals surface area contributed by atoms with Gasteiger partial charge in [0.1, 0.15) is 5.01 Å². The van der Waals surface area contributed by atoms with Gasteiger partial charge in [-0.15, -0.1) is 11.3 Å². The molecular weight excluding hydrogens is 312 g/mol. The summed E-state index contributed by atoms with van der Waals surface area (Å²) in [7, 11) is 0. The minimum atomic E-state index is -0.453. The molecule has 0 unspecified atom stereocenters. The van der Waals surface area contributed by atoms with Gasteiger partial charge in [0, 0.05) is 23.9 Å². The number of piperidine rings is 1. The number of aromatic nitrogens is 1. The van der Waals surface area contributed by atoms with Crippen LogP contribution in [-0.2, 0) is 10.2 Å². The van der Waals surface area contributed by atoms with Crippen LogP contribution in [0.3, 0.4) is 0 Å². The lowest BCUT2D eigenvalue weighted by atomic mass is 9.93. The van der Waals surface area contributed by atoms with Gasteiger partial charge in [-0.1, -0.05) is 20.8 Å². The third-order valence-corrected chi connectivity index (χ3v) is 5.15. The average molecular weight is 338 g/mol. The Morgan fingerprint density at radius 2 is 2.17 bits per heavy atom. The van der Waals surface area contributed by atoms with Crippen molar-refractivity contribution in [1.82, 2.24) is 15.2 Å². The maximum atomic E-state index is 12.4. The van der Waals surface area contributed by atoms with Crippen molar-refractivity contribution in [1.29, 1.82) is 0 Å². The Balaban J connectivity index is 1.96. The molecule has 0 aromatic carbocycles. The van der Waals surface area contributed by atoms with E-state index in [-0.39, 0.29) is 23.3 Å². The normalized spacial score (nSPS) is 20.2. The number of primary amides is 1. The molecule has 6 nitrogen and oxygen atoms in total. The molecule has 0 bridgehead atoms. The Labute approximate surface area is 141 Å². The quantitative estimate of drug-likeness (QED) is 0.887. The van der Waals surface area contributed by atoms with Crippen LogP contribution < -0.4 is 11.1 Å². The van der Waals surface area contributed by atoms with Gasteiger partial charge in [0.05, 0.1) is 17.7 Å². The summed E-state index contributed by atoms with van der Waals surface area (Å²) in [6.07, 6.45) is 1.59. The molecule has 0 saturated carbocycles. The van der Waals surface area contributed by atoms with Crippen molar-refractivity contribution in [3.05, 3.63) is 16.1 Å². The van der Waals surface area contributed by atoms with Crippen molar-refractivity contribution in [2.45, 2.75) is 52.0 Å². The van der Waals surface area contributed by atoms with E-state index in [1.54, 1.807) is 16.2 Å². The molecule has 0 aliphatic carbocycles. The lowest BCUT2D eigenvalue weighted by Crippen LogP contribution is -2.47. The van der Waals surface area contributed by atoms with Gasteiger partial charge in [-0.25, -0.2) is 9.78 Å². The van der Waals surface area contributed by atoms with Crippen LogP contribution in [0.25, 0.3) is 0 Å². The highest BCUT2D eigenvalue weighted by molar-refractivity contribution is 7.09. The van der Waals surface area contributed by atoms with Gasteiger partial charge < -0.3 is 16.0 Å². The van der Waals surface area contributed by atoms with Crippen molar-refractivity contribution in [3.8, 4) is 0 Å². The van der Waals surface area contributed by atoms with Crippen molar-refractivity contribution < 1.29 is 9.59 Å². The highest BCUT2D eigenvalue weighted by Gasteiger charge is 2.29. The number of nitrogens with two attached hydrogens (primary N) is 1. The second kappa shape index (κ2) is 6.86. The lowest BCUT2D eigenvalue weighted by molar-refractivity contribution is -0.126. The number of carbonyl (C=O) groups is 2. The van der Waals surface area contributed by atoms with Crippen LogP contribution in [-0.4, -0.2) is 34.9 Å². The Bertz CT molecular complexity index is 579. The first-order valence-electron chi connectivity index (χ1n) is 7.99. The molecule has 3 N–H and O–H groups in total. The zero-order valence-corrected chi connectivity index (χ0v) is 15.1. The predicted octanol–water partition coefficient (Wildman–Crippen LogP) is 2.41. The van der Waals surface area contributed by atoms with E-state index in [4.69, 9.17) is 5.73 Å². The molecule has 7 heteroatoms. The summed E-state index contributed by atoms with van der Waals surface area (Å²) >= 11 is 1.57. The molecule has 1 aliphatic rings. The number of hydrogen-bond acceptors (Lipinski definition) is 4. The van der Waals surface area contributed by atoms with Crippen LogP contribution in [0.5, 0.6) is 0 Å². The first-order valence-corrected chi connectivity index (χ1v) is 8.87. The molecule has 23 heavy (non-hydrogen) atoms. The van der Waals surface area contributed by atoms with E-state index in [1.165, 1.54) is 0 Å². The zero-order chi connectivity index (χ0) is 17.2. The highest BCUT2D eigenvalue weighted by Crippen LogP contribution is 2.27. The third kappa shape index (κ3) is 4.43. The number of nitrogens with one attached hydrogen (secondary N) is 1. The first kappa shape index (κ1) is 17.7. The maximum absolute atomic E-state index is 12.4. The van der Waals surface area contributed by atoms with Gasteiger partial charge >= 0.3 is 6.03 Å². The summed E-state index contributed by atoms with van der Waals surface area (Å²) in [6.45, 7) is 9.34. The van der Waals surface area contributed by atoms with Gasteiger partial charge in [-0.2, -0.15) is 0 Å². The molecule has 2 atom stereocenters. The van der Waals surface area contributed by atoms with E-state index < -0.39 is 6.03 Å². The highest BCUT2D eigenvalue weighted by atomic mass is 32.1. The summed E-state index contributed by atoms with van der Waals surface area (Å²) in [4.78, 5) is 29.9. The molecule has 1 fully saturated rings. The summed E-state index contributed by atoms with van der Waals surface area (Å²) in [5, 5.41) is 5.98. The monoisotopic (exact) mass is 338 g/mol.